The number of piperidine rings is 1. The van der Waals surface area contributed by atoms with E-state index in [0.29, 0.717) is 0 Å². The summed E-state index contributed by atoms with van der Waals surface area (Å²) in [5.41, 5.74) is 1.89. The highest BCUT2D eigenvalue weighted by Gasteiger charge is 2.24. The number of nitrogens with zero attached hydrogens (tertiary/aromatic N) is 1. The van der Waals surface area contributed by atoms with Crippen LogP contribution in [0.1, 0.15) is 28.8 Å². The van der Waals surface area contributed by atoms with Crippen LogP contribution in [0, 0.1) is 6.92 Å². The molecule has 1 fully saturated rings. The van der Waals surface area contributed by atoms with Gasteiger partial charge in [0.1, 0.15) is 0 Å². The quantitative estimate of drug-likeness (QED) is 0.714. The normalized spacial score (nSPS) is 16.4. The lowest BCUT2D eigenvalue weighted by molar-refractivity contribution is 0.0159. The summed E-state index contributed by atoms with van der Waals surface area (Å²) in [6.07, 6.45) is 2.13. The van der Waals surface area contributed by atoms with Crippen molar-refractivity contribution in [2.75, 3.05) is 25.0 Å². The molecule has 1 aromatic rings. The second-order valence-electron chi connectivity index (χ2n) is 5.03. The van der Waals surface area contributed by atoms with Crippen molar-refractivity contribution in [1.82, 2.24) is 4.90 Å². The Kier molecular flexibility index (Phi) is 6.05. The number of carbonyl (C=O) groups excluding carboxylic acids is 1. The minimum Gasteiger partial charge on any atom is -0.377 e. The summed E-state index contributed by atoms with van der Waals surface area (Å²) in [6.45, 7) is 4.30. The molecule has 110 valence electrons. The molecule has 5 heteroatoms. The van der Waals surface area contributed by atoms with Crippen molar-refractivity contribution >= 4 is 37.8 Å². The molecule has 0 aliphatic carbocycles. The lowest BCUT2D eigenvalue weighted by Gasteiger charge is -2.32. The molecule has 1 saturated heterocycles. The molecule has 1 aromatic carbocycles. The zero-order valence-corrected chi connectivity index (χ0v) is 14.7. The van der Waals surface area contributed by atoms with Gasteiger partial charge in [-0.25, -0.2) is 0 Å². The van der Waals surface area contributed by atoms with E-state index >= 15 is 0 Å². The molecule has 20 heavy (non-hydrogen) atoms. The molecule has 1 aliphatic rings. The zero-order chi connectivity index (χ0) is 14.5. The van der Waals surface area contributed by atoms with Crippen LogP contribution < -0.4 is 0 Å². The monoisotopic (exact) mass is 403 g/mol. The minimum absolute atomic E-state index is 0.107. The number of rotatable bonds is 4. The van der Waals surface area contributed by atoms with Gasteiger partial charge in [0.15, 0.2) is 0 Å². The summed E-state index contributed by atoms with van der Waals surface area (Å²) in [5.74, 6) is 0.107. The lowest BCUT2D eigenvalue weighted by Crippen LogP contribution is -2.41. The molecule has 0 N–H and O–H groups in total. The second kappa shape index (κ2) is 7.57. The highest BCUT2D eigenvalue weighted by Crippen LogP contribution is 2.22. The third-order valence-electron chi connectivity index (χ3n) is 3.51. The van der Waals surface area contributed by atoms with Crippen LogP contribution in [0.4, 0.5) is 0 Å². The van der Waals surface area contributed by atoms with Crippen LogP contribution >= 0.6 is 31.9 Å². The highest BCUT2D eigenvalue weighted by molar-refractivity contribution is 9.10. The first-order chi connectivity index (χ1) is 9.61. The molecular formula is C15H19Br2NO2. The van der Waals surface area contributed by atoms with Crippen molar-refractivity contribution in [1.29, 1.82) is 0 Å². The largest absolute Gasteiger partial charge is 0.377 e. The molecule has 0 spiro atoms. The molecule has 2 rings (SSSR count). The highest BCUT2D eigenvalue weighted by atomic mass is 79.9. The molecule has 0 saturated carbocycles. The van der Waals surface area contributed by atoms with Crippen molar-refractivity contribution in [2.45, 2.75) is 25.9 Å². The van der Waals surface area contributed by atoms with Crippen LogP contribution in [-0.4, -0.2) is 41.9 Å². The smallest absolute Gasteiger partial charge is 0.255 e. The van der Waals surface area contributed by atoms with Gasteiger partial charge in [-0.05, 0) is 53.4 Å². The summed E-state index contributed by atoms with van der Waals surface area (Å²) in [7, 11) is 0. The van der Waals surface area contributed by atoms with Crippen LogP contribution in [0.5, 0.6) is 0 Å². The summed E-state index contributed by atoms with van der Waals surface area (Å²) < 4.78 is 6.59. The fraction of sp³-hybridized carbons (Fsp3) is 0.533. The van der Waals surface area contributed by atoms with Gasteiger partial charge in [-0.3, -0.25) is 4.79 Å². The number of halogens is 2. The number of hydrogen-bond donors (Lipinski definition) is 0. The predicted octanol–water partition coefficient (Wildman–Crippen LogP) is 3.77. The number of amides is 1. The Balaban J connectivity index is 1.94. The van der Waals surface area contributed by atoms with Gasteiger partial charge >= 0.3 is 0 Å². The van der Waals surface area contributed by atoms with Gasteiger partial charge < -0.3 is 9.64 Å². The van der Waals surface area contributed by atoms with E-state index in [4.69, 9.17) is 4.74 Å². The maximum Gasteiger partial charge on any atom is 0.255 e. The van der Waals surface area contributed by atoms with Crippen LogP contribution in [0.2, 0.25) is 0 Å². The minimum atomic E-state index is 0.107. The molecule has 0 bridgehead atoms. The maximum absolute atomic E-state index is 12.5. The fourth-order valence-corrected chi connectivity index (χ4v) is 3.25. The number of benzene rings is 1. The number of likely N-dealkylation sites (tertiary alicyclic amines) is 1. The van der Waals surface area contributed by atoms with E-state index in [1.54, 1.807) is 0 Å². The van der Waals surface area contributed by atoms with Gasteiger partial charge in [0.2, 0.25) is 0 Å². The Morgan fingerprint density at radius 3 is 2.70 bits per heavy atom. The summed E-state index contributed by atoms with van der Waals surface area (Å²) >= 11 is 6.84. The van der Waals surface area contributed by atoms with Crippen LogP contribution in [0.3, 0.4) is 0 Å². The topological polar surface area (TPSA) is 29.5 Å². The van der Waals surface area contributed by atoms with Gasteiger partial charge in [-0.15, -0.1) is 0 Å². The summed E-state index contributed by atoms with van der Waals surface area (Å²) in [4.78, 5) is 14.4. The van der Waals surface area contributed by atoms with Crippen molar-refractivity contribution in [3.05, 3.63) is 33.8 Å². The first kappa shape index (κ1) is 16.0. The molecule has 3 nitrogen and oxygen atoms in total. The number of aryl methyl sites for hydroxylation is 1. The summed E-state index contributed by atoms with van der Waals surface area (Å²) in [6, 6.07) is 5.86. The Labute approximate surface area is 136 Å². The molecule has 1 aliphatic heterocycles. The van der Waals surface area contributed by atoms with E-state index in [0.717, 1.165) is 53.5 Å². The van der Waals surface area contributed by atoms with E-state index in [-0.39, 0.29) is 12.0 Å². The van der Waals surface area contributed by atoms with E-state index in [2.05, 4.69) is 31.9 Å². The Morgan fingerprint density at radius 2 is 2.10 bits per heavy atom. The van der Waals surface area contributed by atoms with Gasteiger partial charge in [0, 0.05) is 22.9 Å². The van der Waals surface area contributed by atoms with E-state index in [1.165, 1.54) is 0 Å². The van der Waals surface area contributed by atoms with Gasteiger partial charge in [-0.2, -0.15) is 0 Å². The Bertz CT molecular complexity index is 471. The predicted molar refractivity (Wildman–Crippen MR) is 87.6 cm³/mol. The van der Waals surface area contributed by atoms with Gasteiger partial charge in [-0.1, -0.05) is 22.0 Å². The lowest BCUT2D eigenvalue weighted by atomic mass is 10.1. The molecule has 0 aromatic heterocycles. The van der Waals surface area contributed by atoms with Crippen LogP contribution in [0.15, 0.2) is 22.7 Å². The number of alkyl halides is 1. The number of hydrogen-bond acceptors (Lipinski definition) is 2. The SMILES string of the molecule is Cc1ccc(C(=O)N2CCC(OCCBr)CC2)c(Br)c1. The summed E-state index contributed by atoms with van der Waals surface area (Å²) in [5, 5.41) is 0.864. The third kappa shape index (κ3) is 4.06. The first-order valence-corrected chi connectivity index (χ1v) is 8.76. The van der Waals surface area contributed by atoms with Crippen LogP contribution in [-0.2, 0) is 4.74 Å². The maximum atomic E-state index is 12.5. The van der Waals surface area contributed by atoms with Crippen molar-refractivity contribution in [3.8, 4) is 0 Å². The average Bonchev–Trinajstić information content (AvgIpc) is 2.45. The molecule has 0 radical (unpaired) electrons. The van der Waals surface area contributed by atoms with E-state index < -0.39 is 0 Å². The second-order valence-corrected chi connectivity index (χ2v) is 6.68. The van der Waals surface area contributed by atoms with E-state index in [1.807, 2.05) is 30.0 Å². The fourth-order valence-electron chi connectivity index (χ4n) is 2.40. The Hall–Kier alpha value is -0.390. The zero-order valence-electron chi connectivity index (χ0n) is 11.6. The van der Waals surface area contributed by atoms with Crippen molar-refractivity contribution in [3.63, 3.8) is 0 Å². The van der Waals surface area contributed by atoms with Gasteiger partial charge in [0.05, 0.1) is 18.3 Å². The molecule has 1 heterocycles. The molecule has 1 amide bonds. The average molecular weight is 405 g/mol. The van der Waals surface area contributed by atoms with E-state index in [9.17, 15) is 4.79 Å². The standard InChI is InChI=1S/C15H19Br2NO2/c1-11-2-3-13(14(17)10-11)15(19)18-7-4-12(5-8-18)20-9-6-16/h2-3,10,12H,4-9H2,1H3. The number of ether oxygens (including phenoxy) is 1. The molecule has 0 unspecified atom stereocenters. The van der Waals surface area contributed by atoms with Gasteiger partial charge in [0.25, 0.3) is 5.91 Å². The molecule has 0 atom stereocenters. The van der Waals surface area contributed by atoms with Crippen LogP contribution in [0.25, 0.3) is 0 Å². The number of carbonyl (C=O) groups is 1. The van der Waals surface area contributed by atoms with Crippen molar-refractivity contribution in [2.24, 2.45) is 0 Å². The first-order valence-electron chi connectivity index (χ1n) is 6.85. The van der Waals surface area contributed by atoms with Crippen molar-refractivity contribution < 1.29 is 9.53 Å². The Morgan fingerprint density at radius 1 is 1.40 bits per heavy atom. The third-order valence-corrected chi connectivity index (χ3v) is 4.49. The molecular weight excluding hydrogens is 386 g/mol.